The molecule has 0 aliphatic heterocycles. The Morgan fingerprint density at radius 3 is 1.92 bits per heavy atom. The lowest BCUT2D eigenvalue weighted by atomic mass is 9.99. The van der Waals surface area contributed by atoms with Gasteiger partial charge in [0.05, 0.1) is 50.7 Å². The summed E-state index contributed by atoms with van der Waals surface area (Å²) >= 11 is 0. The Morgan fingerprint density at radius 1 is 0.469 bits per heavy atom. The van der Waals surface area contributed by atoms with E-state index in [1.807, 2.05) is 60.7 Å². The molecule has 0 unspecified atom stereocenters. The summed E-state index contributed by atoms with van der Waals surface area (Å²) < 4.78 is 10.9. The summed E-state index contributed by atoms with van der Waals surface area (Å²) in [5.41, 5.74) is 11.0. The second-order valence-corrected chi connectivity index (χ2v) is 12.4. The van der Waals surface area contributed by atoms with E-state index in [-0.39, 0.29) is 0 Å². The molecule has 0 saturated heterocycles. The van der Waals surface area contributed by atoms with E-state index in [0.717, 1.165) is 88.1 Å². The molecular formula is C44H24N4O. The molecule has 5 nitrogen and oxygen atoms in total. The van der Waals surface area contributed by atoms with Gasteiger partial charge in [-0.3, -0.25) is 0 Å². The Labute approximate surface area is 280 Å². The molecule has 3 heterocycles. The minimum absolute atomic E-state index is 0.592. The second-order valence-electron chi connectivity index (χ2n) is 12.4. The lowest BCUT2D eigenvalue weighted by Gasteiger charge is -2.12. The number of rotatable bonds is 3. The van der Waals surface area contributed by atoms with Gasteiger partial charge in [0.1, 0.15) is 11.2 Å². The second kappa shape index (κ2) is 10.2. The van der Waals surface area contributed by atoms with Crippen molar-refractivity contribution in [2.24, 2.45) is 0 Å². The van der Waals surface area contributed by atoms with E-state index in [1.165, 1.54) is 0 Å². The minimum atomic E-state index is 0.592. The van der Waals surface area contributed by atoms with E-state index >= 15 is 0 Å². The standard InChI is InChI=1S/C44H24N4O/c45-25-27-13-21-40-37(23-27)33-7-1-4-10-38(33)48(40)31-18-19-32(29(24-31)26-46)28-14-16-30(17-15-28)47-39-11-5-2-9-36(39)43-41(47)22-20-35-34-8-3-6-12-42(34)49-44(35)43/h1-24H. The average Bonchev–Trinajstić information content (AvgIpc) is 3.82. The van der Waals surface area contributed by atoms with Gasteiger partial charge in [0.15, 0.2) is 0 Å². The van der Waals surface area contributed by atoms with Crippen molar-refractivity contribution in [1.29, 1.82) is 10.5 Å². The Kier molecular flexibility index (Phi) is 5.64. The summed E-state index contributed by atoms with van der Waals surface area (Å²) in [6.07, 6.45) is 0. The lowest BCUT2D eigenvalue weighted by molar-refractivity contribution is 0.673. The molecule has 0 bridgehead atoms. The predicted molar refractivity (Wildman–Crippen MR) is 197 cm³/mol. The van der Waals surface area contributed by atoms with E-state index in [9.17, 15) is 10.5 Å². The Morgan fingerprint density at radius 2 is 1.12 bits per heavy atom. The Bertz CT molecular complexity index is 3070. The first-order valence-corrected chi connectivity index (χ1v) is 16.1. The van der Waals surface area contributed by atoms with Gasteiger partial charge in [-0.25, -0.2) is 0 Å². The maximum atomic E-state index is 10.4. The number of nitriles is 2. The fourth-order valence-corrected chi connectivity index (χ4v) is 7.64. The van der Waals surface area contributed by atoms with Gasteiger partial charge in [0, 0.05) is 38.3 Å². The van der Waals surface area contributed by atoms with Crippen LogP contribution in [0.25, 0.3) is 88.1 Å². The van der Waals surface area contributed by atoms with Crippen LogP contribution in [-0.2, 0) is 0 Å². The highest BCUT2D eigenvalue weighted by Gasteiger charge is 2.19. The highest BCUT2D eigenvalue weighted by Crippen LogP contribution is 2.41. The van der Waals surface area contributed by atoms with Gasteiger partial charge in [-0.15, -0.1) is 0 Å². The third-order valence-corrected chi connectivity index (χ3v) is 9.80. The maximum Gasteiger partial charge on any atom is 0.145 e. The maximum absolute atomic E-state index is 10.4. The number of furan rings is 1. The largest absolute Gasteiger partial charge is 0.455 e. The summed E-state index contributed by atoms with van der Waals surface area (Å²) in [4.78, 5) is 0. The van der Waals surface area contributed by atoms with Crippen LogP contribution in [0.4, 0.5) is 0 Å². The molecule has 0 fully saturated rings. The van der Waals surface area contributed by atoms with E-state index in [1.54, 1.807) is 0 Å². The number of fused-ring (bicyclic) bond motifs is 10. The molecule has 0 amide bonds. The van der Waals surface area contributed by atoms with Crippen molar-refractivity contribution in [3.8, 4) is 34.6 Å². The first-order chi connectivity index (χ1) is 24.2. The van der Waals surface area contributed by atoms with Crippen molar-refractivity contribution in [3.05, 3.63) is 157 Å². The predicted octanol–water partition coefficient (Wildman–Crippen LogP) is 11.2. The molecule has 10 rings (SSSR count). The smallest absolute Gasteiger partial charge is 0.145 e. The molecule has 226 valence electrons. The van der Waals surface area contributed by atoms with Crippen molar-refractivity contribution in [2.45, 2.75) is 0 Å². The van der Waals surface area contributed by atoms with Crippen LogP contribution in [0.3, 0.4) is 0 Å². The number of nitrogens with zero attached hydrogens (tertiary/aromatic N) is 4. The van der Waals surface area contributed by atoms with Crippen LogP contribution in [0.5, 0.6) is 0 Å². The highest BCUT2D eigenvalue weighted by atomic mass is 16.3. The molecule has 0 radical (unpaired) electrons. The van der Waals surface area contributed by atoms with Crippen LogP contribution in [0.15, 0.2) is 150 Å². The summed E-state index contributed by atoms with van der Waals surface area (Å²) in [7, 11) is 0. The number of hydrogen-bond donors (Lipinski definition) is 0. The number of hydrogen-bond acceptors (Lipinski definition) is 3. The van der Waals surface area contributed by atoms with Gasteiger partial charge < -0.3 is 13.6 Å². The molecule has 0 saturated carbocycles. The van der Waals surface area contributed by atoms with Crippen LogP contribution in [0, 0.1) is 22.7 Å². The zero-order valence-electron chi connectivity index (χ0n) is 26.1. The molecular weight excluding hydrogens is 601 g/mol. The first-order valence-electron chi connectivity index (χ1n) is 16.1. The van der Waals surface area contributed by atoms with Gasteiger partial charge in [-0.05, 0) is 83.9 Å². The van der Waals surface area contributed by atoms with Crippen LogP contribution < -0.4 is 0 Å². The zero-order valence-corrected chi connectivity index (χ0v) is 26.1. The molecule has 3 aromatic heterocycles. The monoisotopic (exact) mass is 624 g/mol. The summed E-state index contributed by atoms with van der Waals surface area (Å²) in [5, 5.41) is 26.5. The molecule has 49 heavy (non-hydrogen) atoms. The topological polar surface area (TPSA) is 70.6 Å². The van der Waals surface area contributed by atoms with Gasteiger partial charge >= 0.3 is 0 Å². The molecule has 0 aliphatic carbocycles. The van der Waals surface area contributed by atoms with Crippen LogP contribution >= 0.6 is 0 Å². The molecule has 5 heteroatoms. The van der Waals surface area contributed by atoms with Crippen molar-refractivity contribution >= 4 is 65.6 Å². The van der Waals surface area contributed by atoms with Gasteiger partial charge in [0.2, 0.25) is 0 Å². The molecule has 0 aliphatic rings. The Hall–Kier alpha value is -7.08. The fraction of sp³-hybridized carbons (Fsp3) is 0. The van der Waals surface area contributed by atoms with Crippen molar-refractivity contribution in [1.82, 2.24) is 9.13 Å². The summed E-state index contributed by atoms with van der Waals surface area (Å²) in [6, 6.07) is 54.2. The Balaban J connectivity index is 1.10. The molecule has 7 aromatic carbocycles. The van der Waals surface area contributed by atoms with Gasteiger partial charge in [0.25, 0.3) is 0 Å². The van der Waals surface area contributed by atoms with Crippen molar-refractivity contribution in [2.75, 3.05) is 0 Å². The average molecular weight is 625 g/mol. The van der Waals surface area contributed by atoms with Crippen molar-refractivity contribution in [3.63, 3.8) is 0 Å². The third-order valence-electron chi connectivity index (χ3n) is 9.80. The highest BCUT2D eigenvalue weighted by molar-refractivity contribution is 6.23. The summed E-state index contributed by atoms with van der Waals surface area (Å²) in [5.74, 6) is 0. The third kappa shape index (κ3) is 3.85. The first kappa shape index (κ1) is 27.1. The zero-order chi connectivity index (χ0) is 32.6. The SMILES string of the molecule is N#Cc1ccc2c(c1)c1ccccc1n2-c1ccc(-c2ccc(-n3c4ccccc4c4c5oc6ccccc6c5ccc43)cc2)c(C#N)c1. The molecule has 0 N–H and O–H groups in total. The number of para-hydroxylation sites is 3. The molecule has 0 spiro atoms. The van der Waals surface area contributed by atoms with Crippen LogP contribution in [0.2, 0.25) is 0 Å². The van der Waals surface area contributed by atoms with Crippen LogP contribution in [0.1, 0.15) is 11.1 Å². The number of benzene rings is 7. The molecule has 0 atom stereocenters. The normalized spacial score (nSPS) is 11.6. The van der Waals surface area contributed by atoms with E-state index < -0.39 is 0 Å². The molecule has 10 aromatic rings. The van der Waals surface area contributed by atoms with E-state index in [2.05, 4.69) is 106 Å². The number of aromatic nitrogens is 2. The van der Waals surface area contributed by atoms with E-state index in [0.29, 0.717) is 11.1 Å². The van der Waals surface area contributed by atoms with Gasteiger partial charge in [-0.2, -0.15) is 10.5 Å². The fourth-order valence-electron chi connectivity index (χ4n) is 7.64. The summed E-state index contributed by atoms with van der Waals surface area (Å²) in [6.45, 7) is 0. The minimum Gasteiger partial charge on any atom is -0.455 e. The van der Waals surface area contributed by atoms with Crippen LogP contribution in [-0.4, -0.2) is 9.13 Å². The van der Waals surface area contributed by atoms with Gasteiger partial charge in [-0.1, -0.05) is 72.8 Å². The van der Waals surface area contributed by atoms with E-state index in [4.69, 9.17) is 4.42 Å². The quantitative estimate of drug-likeness (QED) is 0.196. The van der Waals surface area contributed by atoms with Crippen molar-refractivity contribution < 1.29 is 4.42 Å². The lowest BCUT2D eigenvalue weighted by Crippen LogP contribution is -1.97.